The third kappa shape index (κ3) is 2.59. The topological polar surface area (TPSA) is 62.1 Å². The molecule has 0 heterocycles. The molecule has 4 heteroatoms. The molecule has 2 aliphatic carbocycles. The van der Waals surface area contributed by atoms with Gasteiger partial charge in [0.15, 0.2) is 0 Å². The van der Waals surface area contributed by atoms with Crippen molar-refractivity contribution in [2.45, 2.75) is 45.4 Å². The summed E-state index contributed by atoms with van der Waals surface area (Å²) in [6, 6.07) is 8.31. The van der Waals surface area contributed by atoms with Crippen LogP contribution in [-0.4, -0.2) is 6.09 Å². The first kappa shape index (κ1) is 14.6. The fourth-order valence-corrected chi connectivity index (χ4v) is 3.46. The lowest BCUT2D eigenvalue weighted by molar-refractivity contribution is 0.191. The maximum atomic E-state index is 11.8. The molecule has 1 unspecified atom stereocenters. The molecular weight excluding hydrogens is 276 g/mol. The Balaban J connectivity index is 1.76. The number of allylic oxidation sites excluding steroid dienone is 2. The third-order valence-electron chi connectivity index (χ3n) is 4.89. The lowest BCUT2D eigenvalue weighted by atomic mass is 9.87. The average molecular weight is 296 g/mol. The first-order valence-electron chi connectivity index (χ1n) is 7.69. The molecule has 3 rings (SSSR count). The predicted octanol–water partition coefficient (Wildman–Crippen LogP) is 4.49. The number of rotatable bonds is 3. The Morgan fingerprint density at radius 2 is 2.32 bits per heavy atom. The number of carbonyl (C=O) groups excluding carboxylic acids is 1. The van der Waals surface area contributed by atoms with E-state index in [1.807, 2.05) is 19.1 Å². The van der Waals surface area contributed by atoms with Crippen molar-refractivity contribution in [3.63, 3.8) is 0 Å². The molecule has 0 radical (unpaired) electrons. The van der Waals surface area contributed by atoms with Gasteiger partial charge in [-0.15, -0.1) is 0 Å². The number of hydrogen-bond donors (Lipinski definition) is 1. The molecule has 1 fully saturated rings. The van der Waals surface area contributed by atoms with Crippen LogP contribution in [0.1, 0.15) is 50.2 Å². The second-order valence-electron chi connectivity index (χ2n) is 6.28. The van der Waals surface area contributed by atoms with E-state index in [0.29, 0.717) is 23.5 Å². The lowest BCUT2D eigenvalue weighted by Gasteiger charge is -2.15. The zero-order chi connectivity index (χ0) is 15.7. The highest BCUT2D eigenvalue weighted by Gasteiger charge is 2.53. The Bertz CT molecular complexity index is 681. The Morgan fingerprint density at radius 3 is 2.95 bits per heavy atom. The minimum atomic E-state index is -0.469. The van der Waals surface area contributed by atoms with E-state index in [4.69, 9.17) is 10.00 Å². The number of amides is 1. The van der Waals surface area contributed by atoms with Crippen LogP contribution in [0.4, 0.5) is 10.5 Å². The van der Waals surface area contributed by atoms with Crippen LogP contribution in [0, 0.1) is 16.7 Å². The van der Waals surface area contributed by atoms with Gasteiger partial charge >= 0.3 is 6.09 Å². The number of benzene rings is 1. The number of nitrogens with one attached hydrogen (secondary N) is 1. The number of fused-ring (bicyclic) bond motifs is 1. The van der Waals surface area contributed by atoms with E-state index in [2.05, 4.69) is 17.5 Å². The summed E-state index contributed by atoms with van der Waals surface area (Å²) in [6.07, 6.45) is 5.29. The van der Waals surface area contributed by atoms with Crippen molar-refractivity contribution in [1.82, 2.24) is 0 Å². The lowest BCUT2D eigenvalue weighted by Crippen LogP contribution is -2.12. The Kier molecular flexibility index (Phi) is 3.66. The number of nitrogens with zero attached hydrogens (tertiary/aromatic N) is 1. The Morgan fingerprint density at radius 1 is 1.55 bits per heavy atom. The quantitative estimate of drug-likeness (QED) is 0.836. The van der Waals surface area contributed by atoms with E-state index in [1.165, 1.54) is 24.0 Å². The molecule has 114 valence electrons. The molecule has 1 aromatic carbocycles. The van der Waals surface area contributed by atoms with E-state index in [-0.39, 0.29) is 0 Å². The summed E-state index contributed by atoms with van der Waals surface area (Å²) in [5.41, 5.74) is 3.61. The van der Waals surface area contributed by atoms with E-state index in [9.17, 15) is 4.79 Å². The molecule has 1 atom stereocenters. The maximum absolute atomic E-state index is 11.8. The summed E-state index contributed by atoms with van der Waals surface area (Å²) in [7, 11) is 0. The van der Waals surface area contributed by atoms with Crippen molar-refractivity contribution < 1.29 is 9.53 Å². The van der Waals surface area contributed by atoms with Crippen LogP contribution in [0.15, 0.2) is 30.0 Å². The zero-order valence-electron chi connectivity index (χ0n) is 13.0. The first-order valence-corrected chi connectivity index (χ1v) is 7.69. The van der Waals surface area contributed by atoms with Crippen LogP contribution >= 0.6 is 0 Å². The zero-order valence-corrected chi connectivity index (χ0v) is 13.0. The fourth-order valence-electron chi connectivity index (χ4n) is 3.46. The van der Waals surface area contributed by atoms with Gasteiger partial charge in [0.2, 0.25) is 0 Å². The predicted molar refractivity (Wildman–Crippen MR) is 84.3 cm³/mol. The van der Waals surface area contributed by atoms with Crippen molar-refractivity contribution in [2.75, 3.05) is 5.32 Å². The van der Waals surface area contributed by atoms with Crippen molar-refractivity contribution in [2.24, 2.45) is 5.41 Å². The van der Waals surface area contributed by atoms with Crippen LogP contribution in [0.5, 0.6) is 0 Å². The Hall–Kier alpha value is -2.28. The van der Waals surface area contributed by atoms with Crippen LogP contribution in [0.3, 0.4) is 0 Å². The van der Waals surface area contributed by atoms with Crippen molar-refractivity contribution in [3.8, 4) is 6.07 Å². The van der Waals surface area contributed by atoms with Gasteiger partial charge in [0.1, 0.15) is 5.76 Å². The maximum Gasteiger partial charge on any atom is 0.416 e. The summed E-state index contributed by atoms with van der Waals surface area (Å²) in [6.45, 7) is 3.56. The van der Waals surface area contributed by atoms with E-state index in [1.54, 1.807) is 13.0 Å². The van der Waals surface area contributed by atoms with Gasteiger partial charge in [-0.05, 0) is 67.9 Å². The monoisotopic (exact) mass is 296 g/mol. The molecular formula is C18H20N2O2. The largest absolute Gasteiger partial charge is 0.416 e. The SMILES string of the molecule is C/C=C(\C)OC(=O)Nc1ccc2c(c1)CC1(CC1)C2CC#N. The van der Waals surface area contributed by atoms with Crippen molar-refractivity contribution in [1.29, 1.82) is 5.26 Å². The van der Waals surface area contributed by atoms with Crippen LogP contribution in [0.25, 0.3) is 0 Å². The number of carbonyl (C=O) groups is 1. The smallest absolute Gasteiger partial charge is 0.415 e. The molecule has 2 aliphatic rings. The fraction of sp³-hybridized carbons (Fsp3) is 0.444. The Labute approximate surface area is 130 Å². The molecule has 1 amide bonds. The highest BCUT2D eigenvalue weighted by molar-refractivity contribution is 5.85. The van der Waals surface area contributed by atoms with E-state index >= 15 is 0 Å². The number of hydrogen-bond acceptors (Lipinski definition) is 3. The summed E-state index contributed by atoms with van der Waals surface area (Å²) >= 11 is 0. The van der Waals surface area contributed by atoms with Gasteiger partial charge in [-0.1, -0.05) is 6.07 Å². The second-order valence-corrected chi connectivity index (χ2v) is 6.28. The summed E-state index contributed by atoms with van der Waals surface area (Å²) in [5, 5.41) is 11.8. The van der Waals surface area contributed by atoms with Gasteiger partial charge in [0, 0.05) is 18.0 Å². The molecule has 0 saturated heterocycles. The number of nitriles is 1. The minimum Gasteiger partial charge on any atom is -0.415 e. The average Bonchev–Trinajstić information content (AvgIpc) is 3.19. The van der Waals surface area contributed by atoms with Crippen LogP contribution in [-0.2, 0) is 11.2 Å². The van der Waals surface area contributed by atoms with E-state index < -0.39 is 6.09 Å². The van der Waals surface area contributed by atoms with Crippen molar-refractivity contribution in [3.05, 3.63) is 41.2 Å². The van der Waals surface area contributed by atoms with E-state index in [0.717, 1.165) is 12.1 Å². The molecule has 1 saturated carbocycles. The van der Waals surface area contributed by atoms with Gasteiger partial charge in [0.25, 0.3) is 0 Å². The second kappa shape index (κ2) is 5.49. The molecule has 0 aliphatic heterocycles. The van der Waals surface area contributed by atoms with Gasteiger partial charge in [-0.25, -0.2) is 4.79 Å². The number of ether oxygens (including phenoxy) is 1. The van der Waals surface area contributed by atoms with Gasteiger partial charge in [0.05, 0.1) is 6.07 Å². The number of anilines is 1. The molecule has 0 bridgehead atoms. The van der Waals surface area contributed by atoms with Gasteiger partial charge < -0.3 is 4.74 Å². The van der Waals surface area contributed by atoms with Crippen LogP contribution in [0.2, 0.25) is 0 Å². The molecule has 1 aromatic rings. The third-order valence-corrected chi connectivity index (χ3v) is 4.89. The highest BCUT2D eigenvalue weighted by Crippen LogP contribution is 2.64. The molecule has 0 aromatic heterocycles. The molecule has 1 N–H and O–H groups in total. The van der Waals surface area contributed by atoms with Gasteiger partial charge in [-0.3, -0.25) is 5.32 Å². The standard InChI is InChI=1S/C18H20N2O2/c1-3-12(2)22-17(21)20-14-4-5-15-13(10-14)11-18(7-8-18)16(15)6-9-19/h3-5,10,16H,6-8,11H2,1-2H3,(H,20,21)/b12-3+. The summed E-state index contributed by atoms with van der Waals surface area (Å²) < 4.78 is 5.10. The molecule has 4 nitrogen and oxygen atoms in total. The van der Waals surface area contributed by atoms with Gasteiger partial charge in [-0.2, -0.15) is 5.26 Å². The highest BCUT2D eigenvalue weighted by atomic mass is 16.6. The van der Waals surface area contributed by atoms with Crippen LogP contribution < -0.4 is 5.32 Å². The minimum absolute atomic E-state index is 0.318. The summed E-state index contributed by atoms with van der Waals surface area (Å²) in [4.78, 5) is 11.8. The van der Waals surface area contributed by atoms with Crippen molar-refractivity contribution >= 4 is 11.8 Å². The molecule has 22 heavy (non-hydrogen) atoms. The first-order chi connectivity index (χ1) is 10.6. The molecule has 1 spiro atoms. The normalized spacial score (nSPS) is 21.1. The summed E-state index contributed by atoms with van der Waals surface area (Å²) in [5.74, 6) is 0.934.